The van der Waals surface area contributed by atoms with Crippen LogP contribution in [0.4, 0.5) is 5.69 Å². The lowest BCUT2D eigenvalue weighted by Crippen LogP contribution is -2.40. The third kappa shape index (κ3) is 5.10. The molecule has 0 aliphatic heterocycles. The van der Waals surface area contributed by atoms with E-state index in [1.54, 1.807) is 39.8 Å². The molecule has 0 aliphatic carbocycles. The standard InChI is InChI=1S/C21H23N3O4S/c1-14-18(23-20(28-14)15-9-6-5-7-10-15)19(25)22-16-11-8-12-17(13-16)29(26,27)24-21(2,3)4/h5-13,24H,1-4H3,(H,22,25). The van der Waals surface area contributed by atoms with E-state index in [0.717, 1.165) is 5.56 Å². The quantitative estimate of drug-likeness (QED) is 0.659. The second kappa shape index (κ2) is 7.81. The number of benzene rings is 2. The van der Waals surface area contributed by atoms with E-state index in [9.17, 15) is 13.2 Å². The molecule has 1 amide bonds. The third-order valence-electron chi connectivity index (χ3n) is 3.88. The minimum absolute atomic E-state index is 0.0621. The first-order chi connectivity index (χ1) is 13.5. The van der Waals surface area contributed by atoms with Crippen LogP contribution in [0.15, 0.2) is 63.9 Å². The van der Waals surface area contributed by atoms with E-state index in [0.29, 0.717) is 17.3 Å². The molecule has 0 radical (unpaired) electrons. The zero-order valence-electron chi connectivity index (χ0n) is 16.7. The highest BCUT2D eigenvalue weighted by Crippen LogP contribution is 2.23. The largest absolute Gasteiger partial charge is 0.441 e. The lowest BCUT2D eigenvalue weighted by atomic mass is 10.1. The minimum Gasteiger partial charge on any atom is -0.441 e. The van der Waals surface area contributed by atoms with Crippen molar-refractivity contribution in [1.82, 2.24) is 9.71 Å². The molecule has 0 atom stereocenters. The van der Waals surface area contributed by atoms with Gasteiger partial charge in [-0.15, -0.1) is 0 Å². The van der Waals surface area contributed by atoms with Crippen LogP contribution in [0.25, 0.3) is 11.5 Å². The fraction of sp³-hybridized carbons (Fsp3) is 0.238. The molecule has 0 aliphatic rings. The summed E-state index contributed by atoms with van der Waals surface area (Å²) in [6, 6.07) is 15.3. The number of carbonyl (C=O) groups is 1. The number of nitrogens with zero attached hydrogens (tertiary/aromatic N) is 1. The van der Waals surface area contributed by atoms with Crippen molar-refractivity contribution >= 4 is 21.6 Å². The number of nitrogens with one attached hydrogen (secondary N) is 2. The lowest BCUT2D eigenvalue weighted by Gasteiger charge is -2.20. The molecule has 1 heterocycles. The Kier molecular flexibility index (Phi) is 5.59. The summed E-state index contributed by atoms with van der Waals surface area (Å²) < 4.78 is 33.2. The van der Waals surface area contributed by atoms with Gasteiger partial charge < -0.3 is 9.73 Å². The van der Waals surface area contributed by atoms with Crippen molar-refractivity contribution < 1.29 is 17.6 Å². The van der Waals surface area contributed by atoms with Gasteiger partial charge in [0.15, 0.2) is 5.69 Å². The number of sulfonamides is 1. The number of anilines is 1. The smallest absolute Gasteiger partial charge is 0.277 e. The van der Waals surface area contributed by atoms with Gasteiger partial charge in [0, 0.05) is 16.8 Å². The van der Waals surface area contributed by atoms with Crippen molar-refractivity contribution in [1.29, 1.82) is 0 Å². The monoisotopic (exact) mass is 413 g/mol. The molecule has 0 unspecified atom stereocenters. The highest BCUT2D eigenvalue weighted by molar-refractivity contribution is 7.89. The van der Waals surface area contributed by atoms with E-state index in [1.165, 1.54) is 12.1 Å². The molecule has 3 rings (SSSR count). The molecule has 3 aromatic rings. The number of amides is 1. The van der Waals surface area contributed by atoms with Crippen molar-refractivity contribution in [3.63, 3.8) is 0 Å². The van der Waals surface area contributed by atoms with Gasteiger partial charge in [-0.05, 0) is 58.0 Å². The maximum absolute atomic E-state index is 12.7. The zero-order chi connectivity index (χ0) is 21.2. The molecular formula is C21H23N3O4S. The Morgan fingerprint density at radius 3 is 2.38 bits per heavy atom. The molecule has 152 valence electrons. The summed E-state index contributed by atoms with van der Waals surface area (Å²) in [4.78, 5) is 17.0. The summed E-state index contributed by atoms with van der Waals surface area (Å²) in [5, 5.41) is 2.69. The first-order valence-corrected chi connectivity index (χ1v) is 10.5. The fourth-order valence-corrected chi connectivity index (χ4v) is 4.17. The van der Waals surface area contributed by atoms with Crippen molar-refractivity contribution in [3.05, 3.63) is 66.1 Å². The maximum Gasteiger partial charge on any atom is 0.277 e. The average Bonchev–Trinajstić information content (AvgIpc) is 3.03. The van der Waals surface area contributed by atoms with Gasteiger partial charge in [-0.2, -0.15) is 0 Å². The molecule has 0 saturated carbocycles. The van der Waals surface area contributed by atoms with E-state index in [-0.39, 0.29) is 10.6 Å². The normalized spacial score (nSPS) is 12.0. The predicted octanol–water partition coefficient (Wildman–Crippen LogP) is 3.98. The Balaban J connectivity index is 1.83. The highest BCUT2D eigenvalue weighted by atomic mass is 32.2. The van der Waals surface area contributed by atoms with Crippen molar-refractivity contribution in [2.75, 3.05) is 5.32 Å². The van der Waals surface area contributed by atoms with E-state index < -0.39 is 21.5 Å². The molecule has 0 saturated heterocycles. The van der Waals surface area contributed by atoms with Gasteiger partial charge in [0.2, 0.25) is 15.9 Å². The average molecular weight is 413 g/mol. The van der Waals surface area contributed by atoms with Gasteiger partial charge >= 0.3 is 0 Å². The zero-order valence-corrected chi connectivity index (χ0v) is 17.5. The molecule has 0 fully saturated rings. The minimum atomic E-state index is -3.72. The van der Waals surface area contributed by atoms with Crippen LogP contribution in [-0.2, 0) is 10.0 Å². The molecule has 0 bridgehead atoms. The number of hydrogen-bond acceptors (Lipinski definition) is 5. The molecule has 0 spiro atoms. The van der Waals surface area contributed by atoms with Gasteiger partial charge in [0.05, 0.1) is 4.90 Å². The fourth-order valence-electron chi connectivity index (χ4n) is 2.70. The van der Waals surface area contributed by atoms with Crippen LogP contribution in [0.1, 0.15) is 37.0 Å². The number of aryl methyl sites for hydroxylation is 1. The lowest BCUT2D eigenvalue weighted by molar-refractivity contribution is 0.102. The Labute approximate surface area is 170 Å². The van der Waals surface area contributed by atoms with Crippen molar-refractivity contribution in [2.45, 2.75) is 38.1 Å². The number of oxazole rings is 1. The van der Waals surface area contributed by atoms with Crippen LogP contribution in [0.2, 0.25) is 0 Å². The first-order valence-electron chi connectivity index (χ1n) is 9.03. The van der Waals surface area contributed by atoms with Crippen LogP contribution in [-0.4, -0.2) is 24.8 Å². The number of rotatable bonds is 5. The van der Waals surface area contributed by atoms with Crippen molar-refractivity contribution in [2.24, 2.45) is 0 Å². The molecule has 29 heavy (non-hydrogen) atoms. The van der Waals surface area contributed by atoms with E-state index >= 15 is 0 Å². The third-order valence-corrected chi connectivity index (χ3v) is 5.63. The summed E-state index contributed by atoms with van der Waals surface area (Å²) in [6.45, 7) is 6.93. The van der Waals surface area contributed by atoms with Crippen LogP contribution < -0.4 is 10.0 Å². The van der Waals surface area contributed by atoms with Gasteiger partial charge in [0.1, 0.15) is 5.76 Å². The Morgan fingerprint density at radius 2 is 1.72 bits per heavy atom. The van der Waals surface area contributed by atoms with Crippen molar-refractivity contribution in [3.8, 4) is 11.5 Å². The molecule has 1 aromatic heterocycles. The van der Waals surface area contributed by atoms with Gasteiger partial charge in [-0.25, -0.2) is 18.1 Å². The van der Waals surface area contributed by atoms with E-state index in [1.807, 2.05) is 30.3 Å². The Morgan fingerprint density at radius 1 is 1.03 bits per heavy atom. The Bertz CT molecular complexity index is 1130. The summed E-state index contributed by atoms with van der Waals surface area (Å²) in [5.41, 5.74) is 0.625. The van der Waals surface area contributed by atoms with Crippen LogP contribution in [0.5, 0.6) is 0 Å². The second-order valence-corrected chi connectivity index (χ2v) is 9.31. The Hall–Kier alpha value is -2.97. The SMILES string of the molecule is Cc1oc(-c2ccccc2)nc1C(=O)Nc1cccc(S(=O)(=O)NC(C)(C)C)c1. The summed E-state index contributed by atoms with van der Waals surface area (Å²) in [5.74, 6) is 0.241. The molecule has 2 aromatic carbocycles. The predicted molar refractivity (Wildman–Crippen MR) is 111 cm³/mol. The van der Waals surface area contributed by atoms with Gasteiger partial charge in [-0.1, -0.05) is 24.3 Å². The van der Waals surface area contributed by atoms with Crippen LogP contribution >= 0.6 is 0 Å². The molecular weight excluding hydrogens is 390 g/mol. The summed E-state index contributed by atoms with van der Waals surface area (Å²) >= 11 is 0. The summed E-state index contributed by atoms with van der Waals surface area (Å²) in [6.07, 6.45) is 0. The molecule has 2 N–H and O–H groups in total. The highest BCUT2D eigenvalue weighted by Gasteiger charge is 2.23. The van der Waals surface area contributed by atoms with E-state index in [4.69, 9.17) is 4.42 Å². The van der Waals surface area contributed by atoms with Crippen LogP contribution in [0.3, 0.4) is 0 Å². The first kappa shape index (κ1) is 20.8. The maximum atomic E-state index is 12.7. The van der Waals surface area contributed by atoms with E-state index in [2.05, 4.69) is 15.0 Å². The number of carbonyl (C=O) groups excluding carboxylic acids is 1. The molecule has 7 nitrogen and oxygen atoms in total. The van der Waals surface area contributed by atoms with Crippen LogP contribution in [0, 0.1) is 6.92 Å². The topological polar surface area (TPSA) is 101 Å². The molecule has 8 heteroatoms. The second-order valence-electron chi connectivity index (χ2n) is 7.63. The van der Waals surface area contributed by atoms with Gasteiger partial charge in [-0.3, -0.25) is 4.79 Å². The van der Waals surface area contributed by atoms with Gasteiger partial charge in [0.25, 0.3) is 5.91 Å². The summed E-state index contributed by atoms with van der Waals surface area (Å²) in [7, 11) is -3.72. The number of aromatic nitrogens is 1. The number of hydrogen-bond donors (Lipinski definition) is 2.